The molecule has 1 nitrogen and oxygen atoms in total. The molecule has 0 saturated heterocycles. The van der Waals surface area contributed by atoms with E-state index in [0.29, 0.717) is 5.41 Å². The SMILES string of the molecule is CCC1CCC(C(CC(C)C(C)(C)C)NC)CC1. The maximum absolute atomic E-state index is 3.61. The van der Waals surface area contributed by atoms with Gasteiger partial charge < -0.3 is 5.32 Å². The highest BCUT2D eigenvalue weighted by molar-refractivity contribution is 4.84. The summed E-state index contributed by atoms with van der Waals surface area (Å²) in [6, 6.07) is 0.733. The minimum Gasteiger partial charge on any atom is -0.317 e. The number of rotatable bonds is 5. The molecule has 1 N–H and O–H groups in total. The Labute approximate surface area is 115 Å². The Hall–Kier alpha value is -0.0400. The van der Waals surface area contributed by atoms with E-state index in [9.17, 15) is 0 Å². The second kappa shape index (κ2) is 6.93. The fraction of sp³-hybridized carbons (Fsp3) is 1.00. The smallest absolute Gasteiger partial charge is 0.00950 e. The molecule has 0 heterocycles. The van der Waals surface area contributed by atoms with Crippen LogP contribution in [0.1, 0.15) is 73.1 Å². The van der Waals surface area contributed by atoms with Gasteiger partial charge in [0.2, 0.25) is 0 Å². The van der Waals surface area contributed by atoms with Crippen molar-refractivity contribution in [2.24, 2.45) is 23.2 Å². The molecule has 18 heavy (non-hydrogen) atoms. The lowest BCUT2D eigenvalue weighted by Gasteiger charge is -2.37. The number of nitrogens with one attached hydrogen (secondary N) is 1. The van der Waals surface area contributed by atoms with E-state index in [2.05, 4.69) is 47.0 Å². The van der Waals surface area contributed by atoms with Gasteiger partial charge in [0.15, 0.2) is 0 Å². The van der Waals surface area contributed by atoms with Crippen LogP contribution in [-0.2, 0) is 0 Å². The van der Waals surface area contributed by atoms with Crippen LogP contribution in [0.15, 0.2) is 0 Å². The highest BCUT2D eigenvalue weighted by Gasteiger charge is 2.30. The third-order valence-corrected chi connectivity index (χ3v) is 5.49. The van der Waals surface area contributed by atoms with Crippen LogP contribution in [0.5, 0.6) is 0 Å². The summed E-state index contributed by atoms with van der Waals surface area (Å²) in [5.41, 5.74) is 0.440. The first-order valence-corrected chi connectivity index (χ1v) is 8.05. The van der Waals surface area contributed by atoms with Crippen molar-refractivity contribution in [2.45, 2.75) is 79.2 Å². The summed E-state index contributed by atoms with van der Waals surface area (Å²) in [6.45, 7) is 11.9. The summed E-state index contributed by atoms with van der Waals surface area (Å²) in [5, 5.41) is 3.61. The van der Waals surface area contributed by atoms with Crippen LogP contribution in [0.25, 0.3) is 0 Å². The molecular formula is C17H35N. The third-order valence-electron chi connectivity index (χ3n) is 5.49. The molecule has 2 unspecified atom stereocenters. The first kappa shape index (κ1) is 16.0. The third kappa shape index (κ3) is 4.57. The van der Waals surface area contributed by atoms with Crippen molar-refractivity contribution < 1.29 is 0 Å². The Bertz CT molecular complexity index is 220. The highest BCUT2D eigenvalue weighted by Crippen LogP contribution is 2.36. The molecule has 1 saturated carbocycles. The zero-order valence-corrected chi connectivity index (χ0v) is 13.6. The van der Waals surface area contributed by atoms with Crippen LogP contribution in [-0.4, -0.2) is 13.1 Å². The molecule has 1 aliphatic rings. The van der Waals surface area contributed by atoms with Crippen molar-refractivity contribution in [1.82, 2.24) is 5.32 Å². The molecular weight excluding hydrogens is 218 g/mol. The molecule has 1 heteroatoms. The van der Waals surface area contributed by atoms with E-state index in [0.717, 1.165) is 23.8 Å². The van der Waals surface area contributed by atoms with Gasteiger partial charge in [-0.15, -0.1) is 0 Å². The van der Waals surface area contributed by atoms with Crippen molar-refractivity contribution in [3.8, 4) is 0 Å². The molecule has 1 fully saturated rings. The summed E-state index contributed by atoms with van der Waals surface area (Å²) in [5.74, 6) is 2.72. The van der Waals surface area contributed by atoms with Gasteiger partial charge in [0.25, 0.3) is 0 Å². The molecule has 1 rings (SSSR count). The largest absolute Gasteiger partial charge is 0.317 e. The molecule has 0 aromatic rings. The minimum atomic E-state index is 0.440. The Balaban J connectivity index is 2.47. The molecule has 2 atom stereocenters. The summed E-state index contributed by atoms with van der Waals surface area (Å²) in [6.07, 6.45) is 8.53. The van der Waals surface area contributed by atoms with Crippen molar-refractivity contribution in [2.75, 3.05) is 7.05 Å². The van der Waals surface area contributed by atoms with Gasteiger partial charge >= 0.3 is 0 Å². The molecule has 0 radical (unpaired) electrons. The predicted molar refractivity (Wildman–Crippen MR) is 81.8 cm³/mol. The van der Waals surface area contributed by atoms with Crippen LogP contribution in [0.2, 0.25) is 0 Å². The molecule has 0 aromatic carbocycles. The van der Waals surface area contributed by atoms with E-state index in [1.165, 1.54) is 38.5 Å². The first-order valence-electron chi connectivity index (χ1n) is 8.05. The minimum absolute atomic E-state index is 0.440. The second-order valence-corrected chi connectivity index (χ2v) is 7.59. The molecule has 0 spiro atoms. The van der Waals surface area contributed by atoms with Gasteiger partial charge in [-0.05, 0) is 49.5 Å². The highest BCUT2D eigenvalue weighted by atomic mass is 14.9. The average Bonchev–Trinajstić information content (AvgIpc) is 2.34. The lowest BCUT2D eigenvalue weighted by atomic mass is 9.72. The van der Waals surface area contributed by atoms with E-state index in [1.54, 1.807) is 0 Å². The Kier molecular flexibility index (Phi) is 6.17. The zero-order valence-electron chi connectivity index (χ0n) is 13.6. The molecule has 108 valence electrons. The summed E-state index contributed by atoms with van der Waals surface area (Å²) in [7, 11) is 2.16. The van der Waals surface area contributed by atoms with Gasteiger partial charge in [-0.3, -0.25) is 0 Å². The van der Waals surface area contributed by atoms with Crippen LogP contribution in [0.4, 0.5) is 0 Å². The number of hydrogen-bond donors (Lipinski definition) is 1. The van der Waals surface area contributed by atoms with Gasteiger partial charge in [0.05, 0.1) is 0 Å². The normalized spacial score (nSPS) is 29.0. The van der Waals surface area contributed by atoms with Gasteiger partial charge in [-0.2, -0.15) is 0 Å². The van der Waals surface area contributed by atoms with Crippen LogP contribution >= 0.6 is 0 Å². The van der Waals surface area contributed by atoms with Crippen molar-refractivity contribution in [1.29, 1.82) is 0 Å². The van der Waals surface area contributed by atoms with E-state index in [-0.39, 0.29) is 0 Å². The zero-order chi connectivity index (χ0) is 13.8. The van der Waals surface area contributed by atoms with E-state index in [1.807, 2.05) is 0 Å². The van der Waals surface area contributed by atoms with Crippen LogP contribution in [0, 0.1) is 23.2 Å². The molecule has 1 aliphatic carbocycles. The van der Waals surface area contributed by atoms with Crippen LogP contribution in [0.3, 0.4) is 0 Å². The van der Waals surface area contributed by atoms with Crippen molar-refractivity contribution in [3.63, 3.8) is 0 Å². The first-order chi connectivity index (χ1) is 8.38. The molecule has 0 amide bonds. The Morgan fingerprint density at radius 2 is 1.67 bits per heavy atom. The summed E-state index contributed by atoms with van der Waals surface area (Å²) < 4.78 is 0. The van der Waals surface area contributed by atoms with E-state index in [4.69, 9.17) is 0 Å². The average molecular weight is 253 g/mol. The monoisotopic (exact) mass is 253 g/mol. The number of hydrogen-bond acceptors (Lipinski definition) is 1. The van der Waals surface area contributed by atoms with E-state index >= 15 is 0 Å². The van der Waals surface area contributed by atoms with Crippen molar-refractivity contribution in [3.05, 3.63) is 0 Å². The second-order valence-electron chi connectivity index (χ2n) is 7.59. The quantitative estimate of drug-likeness (QED) is 0.737. The predicted octanol–water partition coefficient (Wildman–Crippen LogP) is 4.86. The van der Waals surface area contributed by atoms with Gasteiger partial charge in [0, 0.05) is 6.04 Å². The molecule has 0 aromatic heterocycles. The standard InChI is InChI=1S/C17H35N/c1-7-14-8-10-15(11-9-14)16(18-6)12-13(2)17(3,4)5/h13-16,18H,7-12H2,1-6H3. The van der Waals surface area contributed by atoms with Gasteiger partial charge in [-0.25, -0.2) is 0 Å². The fourth-order valence-electron chi connectivity index (χ4n) is 3.28. The van der Waals surface area contributed by atoms with Crippen molar-refractivity contribution >= 4 is 0 Å². The molecule has 0 bridgehead atoms. The maximum atomic E-state index is 3.61. The fourth-order valence-corrected chi connectivity index (χ4v) is 3.28. The van der Waals surface area contributed by atoms with Gasteiger partial charge in [0.1, 0.15) is 0 Å². The molecule has 0 aliphatic heterocycles. The van der Waals surface area contributed by atoms with E-state index < -0.39 is 0 Å². The maximum Gasteiger partial charge on any atom is 0.00950 e. The lowest BCUT2D eigenvalue weighted by Crippen LogP contribution is -2.39. The lowest BCUT2D eigenvalue weighted by molar-refractivity contribution is 0.165. The van der Waals surface area contributed by atoms with Crippen LogP contribution < -0.4 is 5.32 Å². The Morgan fingerprint density at radius 1 is 1.11 bits per heavy atom. The topological polar surface area (TPSA) is 12.0 Å². The summed E-state index contributed by atoms with van der Waals surface area (Å²) in [4.78, 5) is 0. The summed E-state index contributed by atoms with van der Waals surface area (Å²) >= 11 is 0. The van der Waals surface area contributed by atoms with Gasteiger partial charge in [-0.1, -0.05) is 53.9 Å². The Morgan fingerprint density at radius 3 is 2.06 bits per heavy atom.